The maximum absolute atomic E-state index is 14.0. The molecule has 0 amide bonds. The molecule has 0 spiro atoms. The number of sulfone groups is 1. The fourth-order valence-electron chi connectivity index (χ4n) is 3.55. The van der Waals surface area contributed by atoms with Crippen molar-refractivity contribution >= 4 is 32.3 Å². The highest BCUT2D eigenvalue weighted by molar-refractivity contribution is 7.90. The smallest absolute Gasteiger partial charge is 0.418 e. The minimum Gasteiger partial charge on any atom is -0.457 e. The number of para-hydroxylation sites is 1. The van der Waals surface area contributed by atoms with Gasteiger partial charge in [-0.3, -0.25) is 4.98 Å². The van der Waals surface area contributed by atoms with Gasteiger partial charge in [0.15, 0.2) is 9.84 Å². The van der Waals surface area contributed by atoms with Crippen LogP contribution in [0.1, 0.15) is 11.3 Å². The first-order valence-electron chi connectivity index (χ1n) is 9.79. The van der Waals surface area contributed by atoms with Crippen LogP contribution >= 0.6 is 11.6 Å². The summed E-state index contributed by atoms with van der Waals surface area (Å²) in [6.45, 7) is 1.57. The summed E-state index contributed by atoms with van der Waals surface area (Å²) in [6, 6.07) is 12.9. The lowest BCUT2D eigenvalue weighted by molar-refractivity contribution is -0.136. The van der Waals surface area contributed by atoms with Crippen molar-refractivity contribution < 1.29 is 30.7 Å². The molecule has 0 aliphatic heterocycles. The number of halogens is 5. The molecule has 0 fully saturated rings. The van der Waals surface area contributed by atoms with Gasteiger partial charge in [-0.1, -0.05) is 23.7 Å². The van der Waals surface area contributed by atoms with Gasteiger partial charge >= 0.3 is 6.18 Å². The number of rotatable bonds is 4. The highest BCUT2D eigenvalue weighted by Crippen LogP contribution is 2.40. The van der Waals surface area contributed by atoms with Crippen molar-refractivity contribution in [2.75, 3.05) is 6.26 Å². The highest BCUT2D eigenvalue weighted by atomic mass is 35.5. The first-order valence-corrected chi connectivity index (χ1v) is 12.1. The topological polar surface area (TPSA) is 56.3 Å². The van der Waals surface area contributed by atoms with Gasteiger partial charge < -0.3 is 4.74 Å². The van der Waals surface area contributed by atoms with E-state index >= 15 is 0 Å². The second-order valence-corrected chi connectivity index (χ2v) is 10.1. The van der Waals surface area contributed by atoms with E-state index in [0.29, 0.717) is 16.8 Å². The Labute approximate surface area is 197 Å². The third-order valence-corrected chi connectivity index (χ3v) is 6.43. The van der Waals surface area contributed by atoms with Crippen molar-refractivity contribution in [3.05, 3.63) is 82.8 Å². The number of aromatic nitrogens is 1. The van der Waals surface area contributed by atoms with Crippen LogP contribution in [0, 0.1) is 12.7 Å². The van der Waals surface area contributed by atoms with Crippen molar-refractivity contribution in [3.8, 4) is 22.6 Å². The molecule has 1 heterocycles. The van der Waals surface area contributed by atoms with E-state index in [1.54, 1.807) is 13.0 Å². The zero-order valence-corrected chi connectivity index (χ0v) is 19.3. The first kappa shape index (κ1) is 24.0. The molecule has 0 bridgehead atoms. The molecule has 3 aromatic carbocycles. The summed E-state index contributed by atoms with van der Waals surface area (Å²) in [5.74, 6) is -0.689. The van der Waals surface area contributed by atoms with Crippen LogP contribution in [0.5, 0.6) is 11.5 Å². The van der Waals surface area contributed by atoms with Crippen molar-refractivity contribution in [3.63, 3.8) is 0 Å². The highest BCUT2D eigenvalue weighted by Gasteiger charge is 2.33. The van der Waals surface area contributed by atoms with E-state index < -0.39 is 27.4 Å². The predicted octanol–water partition coefficient (Wildman–Crippen LogP) is 7.22. The van der Waals surface area contributed by atoms with E-state index in [2.05, 4.69) is 4.98 Å². The molecular formula is C24H16ClF4NO3S. The Morgan fingerprint density at radius 1 is 0.941 bits per heavy atom. The normalized spacial score (nSPS) is 12.2. The number of ether oxygens (including phenoxy) is 1. The van der Waals surface area contributed by atoms with Crippen molar-refractivity contribution in [1.29, 1.82) is 0 Å². The summed E-state index contributed by atoms with van der Waals surface area (Å²) in [7, 11) is -3.68. The van der Waals surface area contributed by atoms with Crippen LogP contribution in [-0.2, 0) is 16.0 Å². The Morgan fingerprint density at radius 2 is 1.68 bits per heavy atom. The number of alkyl halides is 3. The molecular weight excluding hydrogens is 494 g/mol. The summed E-state index contributed by atoms with van der Waals surface area (Å²) in [6.07, 6.45) is -3.65. The van der Waals surface area contributed by atoms with Crippen molar-refractivity contribution in [1.82, 2.24) is 4.98 Å². The van der Waals surface area contributed by atoms with Gasteiger partial charge in [0.2, 0.25) is 0 Å². The van der Waals surface area contributed by atoms with Gasteiger partial charge in [0, 0.05) is 34.0 Å². The first-order chi connectivity index (χ1) is 15.8. The fourth-order valence-corrected chi connectivity index (χ4v) is 4.42. The second kappa shape index (κ2) is 8.56. The summed E-state index contributed by atoms with van der Waals surface area (Å²) in [5, 5.41) is 0.484. The molecule has 0 unspecified atom stereocenters. The SMILES string of the molecule is Cc1cc(-c2cc(Oc3cc(F)cc(S(C)(=O)=O)c3)ccc2Cl)c2cccc(C(F)(F)F)c2n1. The van der Waals surface area contributed by atoms with Gasteiger partial charge in [0.25, 0.3) is 0 Å². The predicted molar refractivity (Wildman–Crippen MR) is 122 cm³/mol. The molecule has 0 N–H and O–H groups in total. The molecule has 0 aliphatic carbocycles. The number of pyridine rings is 1. The molecule has 4 nitrogen and oxygen atoms in total. The average Bonchev–Trinajstić information content (AvgIpc) is 2.72. The second-order valence-electron chi connectivity index (χ2n) is 7.65. The zero-order chi connectivity index (χ0) is 24.8. The van der Waals surface area contributed by atoms with Crippen molar-refractivity contribution in [2.24, 2.45) is 0 Å². The van der Waals surface area contributed by atoms with Crippen LogP contribution < -0.4 is 4.74 Å². The van der Waals surface area contributed by atoms with Crippen LogP contribution in [0.15, 0.2) is 65.6 Å². The molecule has 4 rings (SSSR count). The summed E-state index contributed by atoms with van der Waals surface area (Å²) < 4.78 is 83.9. The Morgan fingerprint density at radius 3 is 2.35 bits per heavy atom. The van der Waals surface area contributed by atoms with Gasteiger partial charge in [0.1, 0.15) is 17.3 Å². The van der Waals surface area contributed by atoms with Crippen LogP contribution in [0.25, 0.3) is 22.0 Å². The lowest BCUT2D eigenvalue weighted by atomic mass is 9.97. The van der Waals surface area contributed by atoms with Crippen LogP contribution in [0.2, 0.25) is 5.02 Å². The third kappa shape index (κ3) is 4.85. The number of hydrogen-bond acceptors (Lipinski definition) is 4. The van der Waals surface area contributed by atoms with E-state index in [0.717, 1.165) is 24.5 Å². The van der Waals surface area contributed by atoms with Gasteiger partial charge in [-0.2, -0.15) is 13.2 Å². The fraction of sp³-hybridized carbons (Fsp3) is 0.125. The van der Waals surface area contributed by atoms with Crippen LogP contribution in [0.3, 0.4) is 0 Å². The molecule has 176 valence electrons. The quantitative estimate of drug-likeness (QED) is 0.273. The number of nitrogens with zero attached hydrogens (tertiary/aromatic N) is 1. The Kier molecular flexibility index (Phi) is 6.03. The molecule has 0 saturated carbocycles. The number of fused-ring (bicyclic) bond motifs is 1. The molecule has 0 saturated heterocycles. The molecule has 4 aromatic rings. The van der Waals surface area contributed by atoms with E-state index in [1.807, 2.05) is 0 Å². The summed E-state index contributed by atoms with van der Waals surface area (Å²) in [5.41, 5.74) is 0.0419. The van der Waals surface area contributed by atoms with E-state index in [-0.39, 0.29) is 32.3 Å². The summed E-state index contributed by atoms with van der Waals surface area (Å²) >= 11 is 6.39. The van der Waals surface area contributed by atoms with E-state index in [4.69, 9.17) is 16.3 Å². The zero-order valence-electron chi connectivity index (χ0n) is 17.7. The third-order valence-electron chi connectivity index (χ3n) is 5.01. The van der Waals surface area contributed by atoms with Gasteiger partial charge in [-0.15, -0.1) is 0 Å². The molecule has 1 aromatic heterocycles. The van der Waals surface area contributed by atoms with Gasteiger partial charge in [0.05, 0.1) is 16.0 Å². The van der Waals surface area contributed by atoms with Gasteiger partial charge in [-0.05, 0) is 55.0 Å². The van der Waals surface area contributed by atoms with E-state index in [1.165, 1.54) is 36.4 Å². The lowest BCUT2D eigenvalue weighted by Gasteiger charge is -2.15. The van der Waals surface area contributed by atoms with Crippen molar-refractivity contribution in [2.45, 2.75) is 18.0 Å². The molecule has 0 atom stereocenters. The standard InChI is InChI=1S/C24H16ClF4NO3S/c1-13-8-19(18-4-3-5-21(23(18)30-13)24(27,28)29)20-12-15(6-7-22(20)25)33-16-9-14(26)10-17(11-16)34(2,31)32/h3-12H,1-2H3. The lowest BCUT2D eigenvalue weighted by Crippen LogP contribution is -2.07. The minimum absolute atomic E-state index is 0.0659. The average molecular weight is 510 g/mol. The molecule has 0 radical (unpaired) electrons. The monoisotopic (exact) mass is 509 g/mol. The van der Waals surface area contributed by atoms with E-state index in [9.17, 15) is 26.0 Å². The Balaban J connectivity index is 1.85. The molecule has 10 heteroatoms. The number of benzene rings is 3. The number of aryl methyl sites for hydroxylation is 1. The molecule has 0 aliphatic rings. The minimum atomic E-state index is -4.60. The summed E-state index contributed by atoms with van der Waals surface area (Å²) in [4.78, 5) is 3.84. The molecule has 34 heavy (non-hydrogen) atoms. The maximum Gasteiger partial charge on any atom is 0.418 e. The van der Waals surface area contributed by atoms with Crippen LogP contribution in [-0.4, -0.2) is 19.7 Å². The maximum atomic E-state index is 14.0. The van der Waals surface area contributed by atoms with Gasteiger partial charge in [-0.25, -0.2) is 12.8 Å². The Bertz CT molecular complexity index is 1540. The number of hydrogen-bond donors (Lipinski definition) is 0. The van der Waals surface area contributed by atoms with Crippen LogP contribution in [0.4, 0.5) is 17.6 Å². The largest absolute Gasteiger partial charge is 0.457 e. The Hall–Kier alpha value is -3.17.